The van der Waals surface area contributed by atoms with E-state index in [4.69, 9.17) is 4.74 Å². The summed E-state index contributed by atoms with van der Waals surface area (Å²) in [7, 11) is 0. The minimum absolute atomic E-state index is 0.216. The third-order valence-corrected chi connectivity index (χ3v) is 4.49. The Morgan fingerprint density at radius 2 is 2.21 bits per heavy atom. The van der Waals surface area contributed by atoms with Crippen molar-refractivity contribution in [3.8, 4) is 5.75 Å². The number of para-hydroxylation sites is 1. The van der Waals surface area contributed by atoms with E-state index in [1.54, 1.807) is 11.3 Å². The first kappa shape index (κ1) is 12.7. The highest BCUT2D eigenvalue weighted by molar-refractivity contribution is 7.07. The molecule has 0 amide bonds. The molecule has 0 fully saturated rings. The molecule has 0 aliphatic carbocycles. The lowest BCUT2D eigenvalue weighted by molar-refractivity contribution is 0.0590. The second kappa shape index (κ2) is 5.76. The lowest BCUT2D eigenvalue weighted by atomic mass is 9.89. The number of fused-ring (bicyclic) bond motifs is 1. The molecule has 2 unspecified atom stereocenters. The van der Waals surface area contributed by atoms with Crippen molar-refractivity contribution in [2.75, 3.05) is 6.61 Å². The maximum absolute atomic E-state index is 10.3. The molecular weight excluding hydrogens is 256 g/mol. The van der Waals surface area contributed by atoms with Crippen molar-refractivity contribution in [1.82, 2.24) is 0 Å². The molecule has 0 saturated heterocycles. The summed E-state index contributed by atoms with van der Waals surface area (Å²) < 4.78 is 5.74. The molecular formula is C16H18O2S. The van der Waals surface area contributed by atoms with Crippen LogP contribution in [0.5, 0.6) is 5.75 Å². The molecule has 0 radical (unpaired) electrons. The highest BCUT2D eigenvalue weighted by Gasteiger charge is 2.25. The van der Waals surface area contributed by atoms with Crippen molar-refractivity contribution < 1.29 is 9.84 Å². The summed E-state index contributed by atoms with van der Waals surface area (Å²) >= 11 is 1.71. The van der Waals surface area contributed by atoms with Gasteiger partial charge in [-0.3, -0.25) is 0 Å². The number of benzene rings is 1. The average Bonchev–Trinajstić information content (AvgIpc) is 2.97. The average molecular weight is 274 g/mol. The fourth-order valence-corrected chi connectivity index (χ4v) is 3.29. The number of hydrogen-bond acceptors (Lipinski definition) is 3. The van der Waals surface area contributed by atoms with Crippen molar-refractivity contribution in [2.24, 2.45) is 5.92 Å². The zero-order chi connectivity index (χ0) is 13.1. The van der Waals surface area contributed by atoms with E-state index in [9.17, 15) is 5.11 Å². The Kier molecular flexibility index (Phi) is 3.85. The van der Waals surface area contributed by atoms with Gasteiger partial charge in [-0.1, -0.05) is 18.2 Å². The van der Waals surface area contributed by atoms with Gasteiger partial charge in [-0.25, -0.2) is 0 Å². The molecule has 2 heterocycles. The molecule has 1 aromatic carbocycles. The van der Waals surface area contributed by atoms with Crippen LogP contribution < -0.4 is 4.74 Å². The van der Waals surface area contributed by atoms with Crippen LogP contribution in [0.2, 0.25) is 0 Å². The zero-order valence-corrected chi connectivity index (χ0v) is 11.6. The van der Waals surface area contributed by atoms with Crippen molar-refractivity contribution in [3.05, 3.63) is 52.2 Å². The maximum Gasteiger partial charge on any atom is 0.122 e. The Morgan fingerprint density at radius 1 is 1.32 bits per heavy atom. The molecule has 1 aliphatic rings. The molecule has 3 rings (SSSR count). The lowest BCUT2D eigenvalue weighted by Crippen LogP contribution is -2.31. The van der Waals surface area contributed by atoms with Gasteiger partial charge < -0.3 is 9.84 Å². The largest absolute Gasteiger partial charge is 0.493 e. The molecule has 2 atom stereocenters. The second-order valence-corrected chi connectivity index (χ2v) is 5.90. The zero-order valence-electron chi connectivity index (χ0n) is 10.8. The van der Waals surface area contributed by atoms with Gasteiger partial charge in [0.25, 0.3) is 0 Å². The van der Waals surface area contributed by atoms with Crippen LogP contribution in [0.25, 0.3) is 0 Å². The Hall–Kier alpha value is -1.32. The predicted molar refractivity (Wildman–Crippen MR) is 77.8 cm³/mol. The minimum atomic E-state index is -0.284. The molecule has 1 N–H and O–H groups in total. The first-order valence-corrected chi connectivity index (χ1v) is 7.67. The summed E-state index contributed by atoms with van der Waals surface area (Å²) in [5.41, 5.74) is 2.54. The number of aryl methyl sites for hydroxylation is 1. The predicted octanol–water partition coefficient (Wildman–Crippen LogP) is 3.29. The van der Waals surface area contributed by atoms with Crippen LogP contribution >= 0.6 is 11.3 Å². The van der Waals surface area contributed by atoms with Crippen molar-refractivity contribution in [2.45, 2.75) is 25.4 Å². The van der Waals surface area contributed by atoms with E-state index in [0.29, 0.717) is 6.61 Å². The van der Waals surface area contributed by atoms with Crippen LogP contribution in [0.1, 0.15) is 17.5 Å². The van der Waals surface area contributed by atoms with E-state index >= 15 is 0 Å². The molecule has 1 aromatic heterocycles. The third-order valence-electron chi connectivity index (χ3n) is 3.76. The van der Waals surface area contributed by atoms with E-state index in [-0.39, 0.29) is 12.0 Å². The number of aliphatic hydroxyl groups is 1. The SMILES string of the molecule is OC(CCc1ccsc1)C1COc2ccccc2C1. The van der Waals surface area contributed by atoms with Gasteiger partial charge >= 0.3 is 0 Å². The second-order valence-electron chi connectivity index (χ2n) is 5.12. The van der Waals surface area contributed by atoms with Crippen LogP contribution in [-0.2, 0) is 12.8 Å². The fourth-order valence-electron chi connectivity index (χ4n) is 2.58. The molecule has 2 aromatic rings. The topological polar surface area (TPSA) is 29.5 Å². The maximum atomic E-state index is 10.3. The number of ether oxygens (including phenoxy) is 1. The molecule has 19 heavy (non-hydrogen) atoms. The summed E-state index contributed by atoms with van der Waals surface area (Å²) in [5.74, 6) is 1.19. The van der Waals surface area contributed by atoms with Gasteiger partial charge in [0.2, 0.25) is 0 Å². The summed E-state index contributed by atoms with van der Waals surface area (Å²) in [6.45, 7) is 0.627. The molecule has 1 aliphatic heterocycles. The molecule has 0 saturated carbocycles. The van der Waals surface area contributed by atoms with Gasteiger partial charge in [0.05, 0.1) is 12.7 Å². The minimum Gasteiger partial charge on any atom is -0.493 e. The number of thiophene rings is 1. The van der Waals surface area contributed by atoms with Gasteiger partial charge in [0.1, 0.15) is 5.75 Å². The van der Waals surface area contributed by atoms with E-state index in [1.165, 1.54) is 11.1 Å². The molecule has 0 spiro atoms. The fraction of sp³-hybridized carbons (Fsp3) is 0.375. The number of hydrogen-bond donors (Lipinski definition) is 1. The van der Waals surface area contributed by atoms with Gasteiger partial charge in [-0.15, -0.1) is 0 Å². The number of rotatable bonds is 4. The summed E-state index contributed by atoms with van der Waals surface area (Å²) in [4.78, 5) is 0. The Morgan fingerprint density at radius 3 is 3.05 bits per heavy atom. The summed E-state index contributed by atoms with van der Waals surface area (Å²) in [6, 6.07) is 10.2. The smallest absolute Gasteiger partial charge is 0.122 e. The Labute approximate surface area is 117 Å². The van der Waals surface area contributed by atoms with Gasteiger partial charge in [-0.2, -0.15) is 11.3 Å². The first-order chi connectivity index (χ1) is 9.33. The Bertz CT molecular complexity index is 521. The first-order valence-electron chi connectivity index (χ1n) is 6.73. The highest BCUT2D eigenvalue weighted by Crippen LogP contribution is 2.29. The van der Waals surface area contributed by atoms with Crippen LogP contribution in [0, 0.1) is 5.92 Å². The van der Waals surface area contributed by atoms with E-state index in [1.807, 2.05) is 18.2 Å². The number of aliphatic hydroxyl groups excluding tert-OH is 1. The van der Waals surface area contributed by atoms with Crippen LogP contribution in [0.15, 0.2) is 41.1 Å². The van der Waals surface area contributed by atoms with Crippen LogP contribution in [-0.4, -0.2) is 17.8 Å². The monoisotopic (exact) mass is 274 g/mol. The Balaban J connectivity index is 1.58. The van der Waals surface area contributed by atoms with E-state index < -0.39 is 0 Å². The lowest BCUT2D eigenvalue weighted by Gasteiger charge is -2.28. The highest BCUT2D eigenvalue weighted by atomic mass is 32.1. The van der Waals surface area contributed by atoms with Crippen molar-refractivity contribution in [1.29, 1.82) is 0 Å². The van der Waals surface area contributed by atoms with Crippen molar-refractivity contribution >= 4 is 11.3 Å². The molecule has 100 valence electrons. The molecule has 0 bridgehead atoms. The van der Waals surface area contributed by atoms with E-state index in [2.05, 4.69) is 22.9 Å². The van der Waals surface area contributed by atoms with E-state index in [0.717, 1.165) is 25.0 Å². The van der Waals surface area contributed by atoms with Gasteiger partial charge in [-0.05, 0) is 53.3 Å². The van der Waals surface area contributed by atoms with Gasteiger partial charge in [0.15, 0.2) is 0 Å². The van der Waals surface area contributed by atoms with Crippen molar-refractivity contribution in [3.63, 3.8) is 0 Å². The summed E-state index contributed by atoms with van der Waals surface area (Å²) in [6.07, 6.45) is 2.39. The van der Waals surface area contributed by atoms with Crippen LogP contribution in [0.4, 0.5) is 0 Å². The van der Waals surface area contributed by atoms with Crippen LogP contribution in [0.3, 0.4) is 0 Å². The molecule has 2 nitrogen and oxygen atoms in total. The quantitative estimate of drug-likeness (QED) is 0.927. The normalized spacial score (nSPS) is 19.5. The standard InChI is InChI=1S/C16H18O2S/c17-15(6-5-12-7-8-19-11-12)14-9-13-3-1-2-4-16(13)18-10-14/h1-4,7-8,11,14-15,17H,5-6,9-10H2. The third kappa shape index (κ3) is 2.99. The summed E-state index contributed by atoms with van der Waals surface area (Å²) in [5, 5.41) is 14.6. The molecule has 3 heteroatoms. The van der Waals surface area contributed by atoms with Gasteiger partial charge in [0, 0.05) is 5.92 Å².